The van der Waals surface area contributed by atoms with Gasteiger partial charge in [0.25, 0.3) is 0 Å². The summed E-state index contributed by atoms with van der Waals surface area (Å²) in [7, 11) is 0. The first-order valence-electron chi connectivity index (χ1n) is 7.50. The highest BCUT2D eigenvalue weighted by atomic mass is 16.5. The van der Waals surface area contributed by atoms with Gasteiger partial charge in [-0.25, -0.2) is 0 Å². The van der Waals surface area contributed by atoms with Crippen LogP contribution in [0.5, 0.6) is 0 Å². The minimum Gasteiger partial charge on any atom is -0.370 e. The fourth-order valence-corrected chi connectivity index (χ4v) is 2.00. The van der Waals surface area contributed by atoms with Gasteiger partial charge in [-0.05, 0) is 29.7 Å². The van der Waals surface area contributed by atoms with E-state index >= 15 is 0 Å². The Labute approximate surface area is 127 Å². The first kappa shape index (κ1) is 15.7. The van der Waals surface area contributed by atoms with Crippen molar-refractivity contribution in [2.75, 3.05) is 6.54 Å². The summed E-state index contributed by atoms with van der Waals surface area (Å²) in [6.07, 6.45) is 1.93. The van der Waals surface area contributed by atoms with Crippen LogP contribution >= 0.6 is 0 Å². The van der Waals surface area contributed by atoms with Crippen LogP contribution in [-0.4, -0.2) is 11.5 Å². The maximum atomic E-state index is 5.68. The Morgan fingerprint density at radius 3 is 2.48 bits per heavy atom. The van der Waals surface area contributed by atoms with Gasteiger partial charge in [-0.3, -0.25) is 4.98 Å². The summed E-state index contributed by atoms with van der Waals surface area (Å²) in [6.45, 7) is 7.49. The smallest absolute Gasteiger partial charge is 0.0892 e. The second-order valence-electron chi connectivity index (χ2n) is 5.66. The van der Waals surface area contributed by atoms with Crippen LogP contribution < -0.4 is 5.32 Å². The molecule has 0 amide bonds. The molecule has 112 valence electrons. The van der Waals surface area contributed by atoms with Crippen molar-refractivity contribution >= 4 is 0 Å². The van der Waals surface area contributed by atoms with Gasteiger partial charge in [0.1, 0.15) is 0 Å². The first-order chi connectivity index (χ1) is 10.2. The second kappa shape index (κ2) is 8.55. The average Bonchev–Trinajstić information content (AvgIpc) is 2.50. The predicted octanol–water partition coefficient (Wildman–Crippen LogP) is 3.54. The van der Waals surface area contributed by atoms with E-state index < -0.39 is 0 Å². The summed E-state index contributed by atoms with van der Waals surface area (Å²) < 4.78 is 5.68. The van der Waals surface area contributed by atoms with Gasteiger partial charge in [-0.2, -0.15) is 0 Å². The highest BCUT2D eigenvalue weighted by Gasteiger charge is 1.99. The van der Waals surface area contributed by atoms with Gasteiger partial charge in [0, 0.05) is 12.7 Å². The van der Waals surface area contributed by atoms with Gasteiger partial charge in [0.2, 0.25) is 0 Å². The Hall–Kier alpha value is -1.71. The molecular formula is C18H24N2O. The normalized spacial score (nSPS) is 11.0. The third-order valence-corrected chi connectivity index (χ3v) is 3.13. The second-order valence-corrected chi connectivity index (χ2v) is 5.66. The molecule has 0 fully saturated rings. The number of benzene rings is 1. The standard InChI is InChI=1S/C18H24N2O/c1-15(2)10-19-11-17-8-9-18(20-12-17)14-21-13-16-6-4-3-5-7-16/h3-9,12,15,19H,10-11,13-14H2,1-2H3. The molecule has 0 aliphatic heterocycles. The number of hydrogen-bond acceptors (Lipinski definition) is 3. The lowest BCUT2D eigenvalue weighted by molar-refractivity contribution is 0.104. The summed E-state index contributed by atoms with van der Waals surface area (Å²) in [5.74, 6) is 0.670. The Bertz CT molecular complexity index is 509. The van der Waals surface area contributed by atoms with Crippen LogP contribution in [0, 0.1) is 5.92 Å². The molecule has 0 unspecified atom stereocenters. The molecule has 0 saturated heterocycles. The van der Waals surface area contributed by atoms with Crippen LogP contribution in [0.2, 0.25) is 0 Å². The molecule has 1 aromatic carbocycles. The molecular weight excluding hydrogens is 260 g/mol. The highest BCUT2D eigenvalue weighted by molar-refractivity contribution is 5.15. The minimum absolute atomic E-state index is 0.550. The van der Waals surface area contributed by atoms with Crippen LogP contribution in [0.1, 0.15) is 30.7 Å². The van der Waals surface area contributed by atoms with Crippen molar-refractivity contribution in [3.05, 3.63) is 65.5 Å². The van der Waals surface area contributed by atoms with Gasteiger partial charge in [0.15, 0.2) is 0 Å². The van der Waals surface area contributed by atoms with Gasteiger partial charge in [0.05, 0.1) is 18.9 Å². The Morgan fingerprint density at radius 1 is 1.00 bits per heavy atom. The number of nitrogens with one attached hydrogen (secondary N) is 1. The zero-order chi connectivity index (χ0) is 14.9. The molecule has 2 aromatic rings. The molecule has 0 atom stereocenters. The topological polar surface area (TPSA) is 34.1 Å². The quantitative estimate of drug-likeness (QED) is 0.805. The van der Waals surface area contributed by atoms with Gasteiger partial charge in [-0.15, -0.1) is 0 Å². The number of hydrogen-bond donors (Lipinski definition) is 1. The van der Waals surface area contributed by atoms with Crippen molar-refractivity contribution in [1.82, 2.24) is 10.3 Å². The third kappa shape index (κ3) is 6.06. The van der Waals surface area contributed by atoms with Crippen LogP contribution in [-0.2, 0) is 24.5 Å². The fourth-order valence-electron chi connectivity index (χ4n) is 2.00. The summed E-state index contributed by atoms with van der Waals surface area (Å²) in [5.41, 5.74) is 3.37. The van der Waals surface area contributed by atoms with E-state index in [2.05, 4.69) is 42.3 Å². The number of nitrogens with zero attached hydrogens (tertiary/aromatic N) is 1. The van der Waals surface area contributed by atoms with E-state index in [0.717, 1.165) is 18.8 Å². The molecule has 1 aromatic heterocycles. The lowest BCUT2D eigenvalue weighted by Crippen LogP contribution is -2.19. The zero-order valence-electron chi connectivity index (χ0n) is 12.9. The van der Waals surface area contributed by atoms with E-state index in [4.69, 9.17) is 4.74 Å². The molecule has 21 heavy (non-hydrogen) atoms. The van der Waals surface area contributed by atoms with E-state index in [0.29, 0.717) is 19.1 Å². The maximum Gasteiger partial charge on any atom is 0.0892 e. The molecule has 3 nitrogen and oxygen atoms in total. The predicted molar refractivity (Wildman–Crippen MR) is 85.7 cm³/mol. The number of aromatic nitrogens is 1. The zero-order valence-corrected chi connectivity index (χ0v) is 12.9. The maximum absolute atomic E-state index is 5.68. The molecule has 1 heterocycles. The average molecular weight is 284 g/mol. The van der Waals surface area contributed by atoms with Crippen molar-refractivity contribution in [2.24, 2.45) is 5.92 Å². The number of pyridine rings is 1. The largest absolute Gasteiger partial charge is 0.370 e. The van der Waals surface area contributed by atoms with Crippen LogP contribution in [0.3, 0.4) is 0 Å². The van der Waals surface area contributed by atoms with Gasteiger partial charge < -0.3 is 10.1 Å². The fraction of sp³-hybridized carbons (Fsp3) is 0.389. The Morgan fingerprint density at radius 2 is 1.81 bits per heavy atom. The van der Waals surface area contributed by atoms with Crippen molar-refractivity contribution < 1.29 is 4.74 Å². The van der Waals surface area contributed by atoms with Crippen molar-refractivity contribution in [3.63, 3.8) is 0 Å². The molecule has 2 rings (SSSR count). The van der Waals surface area contributed by atoms with Gasteiger partial charge >= 0.3 is 0 Å². The van der Waals surface area contributed by atoms with E-state index in [1.165, 1.54) is 11.1 Å². The molecule has 0 bridgehead atoms. The van der Waals surface area contributed by atoms with Crippen LogP contribution in [0.15, 0.2) is 48.7 Å². The lowest BCUT2D eigenvalue weighted by atomic mass is 10.2. The highest BCUT2D eigenvalue weighted by Crippen LogP contribution is 2.05. The number of ether oxygens (including phenoxy) is 1. The molecule has 0 radical (unpaired) electrons. The number of rotatable bonds is 8. The van der Waals surface area contributed by atoms with Crippen molar-refractivity contribution in [1.29, 1.82) is 0 Å². The molecule has 0 aliphatic carbocycles. The van der Waals surface area contributed by atoms with Crippen molar-refractivity contribution in [3.8, 4) is 0 Å². The van der Waals surface area contributed by atoms with E-state index in [-0.39, 0.29) is 0 Å². The summed E-state index contributed by atoms with van der Waals surface area (Å²) in [4.78, 5) is 4.44. The SMILES string of the molecule is CC(C)CNCc1ccc(COCc2ccccc2)nc1. The van der Waals surface area contributed by atoms with Crippen LogP contribution in [0.4, 0.5) is 0 Å². The Kier molecular flexibility index (Phi) is 6.38. The van der Waals surface area contributed by atoms with Crippen LogP contribution in [0.25, 0.3) is 0 Å². The summed E-state index contributed by atoms with van der Waals surface area (Å²) in [6, 6.07) is 14.3. The monoisotopic (exact) mass is 284 g/mol. The molecule has 3 heteroatoms. The summed E-state index contributed by atoms with van der Waals surface area (Å²) >= 11 is 0. The minimum atomic E-state index is 0.550. The first-order valence-corrected chi connectivity index (χ1v) is 7.50. The van der Waals surface area contributed by atoms with Gasteiger partial charge in [-0.1, -0.05) is 50.2 Å². The lowest BCUT2D eigenvalue weighted by Gasteiger charge is -2.08. The summed E-state index contributed by atoms with van der Waals surface area (Å²) in [5, 5.41) is 3.41. The molecule has 1 N–H and O–H groups in total. The molecule has 0 saturated carbocycles. The van der Waals surface area contributed by atoms with E-state index in [9.17, 15) is 0 Å². The van der Waals surface area contributed by atoms with Crippen molar-refractivity contribution in [2.45, 2.75) is 33.6 Å². The molecule has 0 spiro atoms. The third-order valence-electron chi connectivity index (χ3n) is 3.13. The van der Waals surface area contributed by atoms with E-state index in [1.807, 2.05) is 30.5 Å². The van der Waals surface area contributed by atoms with E-state index in [1.54, 1.807) is 0 Å². The molecule has 0 aliphatic rings. The Balaban J connectivity index is 1.72.